The Morgan fingerprint density at radius 2 is 2.04 bits per heavy atom. The number of nitrogens with one attached hydrogen (secondary N) is 1. The number of carbonyl (C=O) groups is 1. The number of aromatic nitrogens is 1. The predicted octanol–water partition coefficient (Wildman–Crippen LogP) is 2.41. The standard InChI is InChI=1S/C16H21N3O4S2/c1-11-15(12(2)23-18-11)9-24-10-16(20)17-13-6-5-7-14(8-13)25(21,22)19(3)4/h5-8H,9-10H2,1-4H3,(H,17,20). The average molecular weight is 383 g/mol. The van der Waals surface area contributed by atoms with Crippen molar-refractivity contribution in [2.75, 3.05) is 25.2 Å². The fourth-order valence-electron chi connectivity index (χ4n) is 2.10. The van der Waals surface area contributed by atoms with Crippen LogP contribution in [-0.4, -0.2) is 43.6 Å². The Kier molecular flexibility index (Phi) is 6.26. The molecule has 1 aromatic heterocycles. The largest absolute Gasteiger partial charge is 0.361 e. The predicted molar refractivity (Wildman–Crippen MR) is 98.1 cm³/mol. The molecule has 0 fully saturated rings. The van der Waals surface area contributed by atoms with Crippen LogP contribution in [0.5, 0.6) is 0 Å². The molecule has 0 bridgehead atoms. The number of amides is 1. The number of carbonyl (C=O) groups excluding carboxylic acids is 1. The van der Waals surface area contributed by atoms with Crippen LogP contribution in [0.15, 0.2) is 33.7 Å². The molecule has 9 heteroatoms. The first-order chi connectivity index (χ1) is 11.7. The van der Waals surface area contributed by atoms with Crippen LogP contribution in [0.25, 0.3) is 0 Å². The van der Waals surface area contributed by atoms with Gasteiger partial charge in [0, 0.05) is 31.1 Å². The molecule has 136 valence electrons. The summed E-state index contributed by atoms with van der Waals surface area (Å²) in [6.45, 7) is 3.70. The summed E-state index contributed by atoms with van der Waals surface area (Å²) in [4.78, 5) is 12.2. The number of hydrogen-bond acceptors (Lipinski definition) is 6. The molecule has 0 spiro atoms. The van der Waals surface area contributed by atoms with E-state index in [1.54, 1.807) is 12.1 Å². The van der Waals surface area contributed by atoms with Gasteiger partial charge in [-0.25, -0.2) is 12.7 Å². The van der Waals surface area contributed by atoms with E-state index >= 15 is 0 Å². The maximum absolute atomic E-state index is 12.1. The van der Waals surface area contributed by atoms with Gasteiger partial charge in [-0.1, -0.05) is 11.2 Å². The van der Waals surface area contributed by atoms with Gasteiger partial charge in [0.2, 0.25) is 15.9 Å². The summed E-state index contributed by atoms with van der Waals surface area (Å²) in [7, 11) is -0.603. The second kappa shape index (κ2) is 8.03. The second-order valence-electron chi connectivity index (χ2n) is 5.66. The van der Waals surface area contributed by atoms with Crippen molar-refractivity contribution in [2.45, 2.75) is 24.5 Å². The van der Waals surface area contributed by atoms with E-state index < -0.39 is 10.0 Å². The van der Waals surface area contributed by atoms with E-state index in [9.17, 15) is 13.2 Å². The molecule has 1 N–H and O–H groups in total. The van der Waals surface area contributed by atoms with Gasteiger partial charge in [0.05, 0.1) is 16.3 Å². The molecule has 0 aliphatic carbocycles. The highest BCUT2D eigenvalue weighted by molar-refractivity contribution is 7.99. The molecule has 0 saturated carbocycles. The zero-order valence-corrected chi connectivity index (χ0v) is 16.2. The maximum Gasteiger partial charge on any atom is 0.242 e. The molecule has 2 aromatic rings. The first kappa shape index (κ1) is 19.5. The Balaban J connectivity index is 1.95. The molecule has 0 saturated heterocycles. The van der Waals surface area contributed by atoms with E-state index in [0.717, 1.165) is 21.3 Å². The fraction of sp³-hybridized carbons (Fsp3) is 0.375. The summed E-state index contributed by atoms with van der Waals surface area (Å²) in [5.41, 5.74) is 2.27. The minimum absolute atomic E-state index is 0.138. The van der Waals surface area contributed by atoms with Gasteiger partial charge in [-0.2, -0.15) is 0 Å². The summed E-state index contributed by atoms with van der Waals surface area (Å²) < 4.78 is 30.5. The molecule has 1 amide bonds. The van der Waals surface area contributed by atoms with Gasteiger partial charge in [0.1, 0.15) is 5.76 Å². The highest BCUT2D eigenvalue weighted by atomic mass is 32.2. The van der Waals surface area contributed by atoms with Crippen molar-refractivity contribution in [3.63, 3.8) is 0 Å². The van der Waals surface area contributed by atoms with Gasteiger partial charge in [-0.15, -0.1) is 11.8 Å². The first-order valence-corrected chi connectivity index (χ1v) is 10.1. The quantitative estimate of drug-likeness (QED) is 0.789. The van der Waals surface area contributed by atoms with Gasteiger partial charge in [0.25, 0.3) is 0 Å². The lowest BCUT2D eigenvalue weighted by Crippen LogP contribution is -2.22. The van der Waals surface area contributed by atoms with Crippen molar-refractivity contribution >= 4 is 33.4 Å². The Labute approximate surface area is 151 Å². The number of anilines is 1. The number of rotatable bonds is 7. The van der Waals surface area contributed by atoms with Crippen LogP contribution in [-0.2, 0) is 20.6 Å². The topological polar surface area (TPSA) is 92.5 Å². The lowest BCUT2D eigenvalue weighted by atomic mass is 10.2. The molecule has 0 radical (unpaired) electrons. The molecule has 2 rings (SSSR count). The fourth-order valence-corrected chi connectivity index (χ4v) is 4.02. The van der Waals surface area contributed by atoms with Crippen LogP contribution in [0.2, 0.25) is 0 Å². The molecular formula is C16H21N3O4S2. The first-order valence-electron chi connectivity index (χ1n) is 7.53. The Bertz CT molecular complexity index is 841. The van der Waals surface area contributed by atoms with Crippen molar-refractivity contribution in [1.82, 2.24) is 9.46 Å². The van der Waals surface area contributed by atoms with E-state index in [4.69, 9.17) is 4.52 Å². The van der Waals surface area contributed by atoms with Crippen molar-refractivity contribution in [1.29, 1.82) is 0 Å². The Hall–Kier alpha value is -1.84. The number of aryl methyl sites for hydroxylation is 2. The number of thioether (sulfide) groups is 1. The third kappa shape index (κ3) is 4.83. The molecule has 0 atom stereocenters. The Morgan fingerprint density at radius 3 is 2.64 bits per heavy atom. The third-order valence-corrected chi connectivity index (χ3v) is 6.33. The zero-order valence-electron chi connectivity index (χ0n) is 14.6. The minimum atomic E-state index is -3.53. The Morgan fingerprint density at radius 1 is 1.32 bits per heavy atom. The summed E-state index contributed by atoms with van der Waals surface area (Å²) in [6, 6.07) is 6.21. The minimum Gasteiger partial charge on any atom is -0.361 e. The SMILES string of the molecule is Cc1noc(C)c1CSCC(=O)Nc1cccc(S(=O)(=O)N(C)C)c1. The van der Waals surface area contributed by atoms with Crippen LogP contribution in [0.3, 0.4) is 0 Å². The molecule has 0 unspecified atom stereocenters. The van der Waals surface area contributed by atoms with Crippen LogP contribution in [0.4, 0.5) is 5.69 Å². The van der Waals surface area contributed by atoms with E-state index in [1.807, 2.05) is 13.8 Å². The van der Waals surface area contributed by atoms with Gasteiger partial charge in [-0.05, 0) is 32.0 Å². The number of benzene rings is 1. The van der Waals surface area contributed by atoms with Gasteiger partial charge in [0.15, 0.2) is 0 Å². The van der Waals surface area contributed by atoms with E-state index in [1.165, 1.54) is 38.0 Å². The number of nitrogens with zero attached hydrogens (tertiary/aromatic N) is 2. The highest BCUT2D eigenvalue weighted by Gasteiger charge is 2.17. The molecule has 25 heavy (non-hydrogen) atoms. The second-order valence-corrected chi connectivity index (χ2v) is 8.80. The third-order valence-electron chi connectivity index (χ3n) is 3.56. The summed E-state index contributed by atoms with van der Waals surface area (Å²) >= 11 is 1.44. The van der Waals surface area contributed by atoms with Crippen LogP contribution < -0.4 is 5.32 Å². The summed E-state index contributed by atoms with van der Waals surface area (Å²) in [5, 5.41) is 6.60. The van der Waals surface area contributed by atoms with E-state index in [-0.39, 0.29) is 16.6 Å². The molecule has 1 aromatic carbocycles. The highest BCUT2D eigenvalue weighted by Crippen LogP contribution is 2.21. The maximum atomic E-state index is 12.1. The summed E-state index contributed by atoms with van der Waals surface area (Å²) in [6.07, 6.45) is 0. The molecule has 1 heterocycles. The smallest absolute Gasteiger partial charge is 0.242 e. The van der Waals surface area contributed by atoms with Gasteiger partial charge >= 0.3 is 0 Å². The van der Waals surface area contributed by atoms with Crippen LogP contribution in [0.1, 0.15) is 17.0 Å². The monoisotopic (exact) mass is 383 g/mol. The average Bonchev–Trinajstić information content (AvgIpc) is 2.86. The van der Waals surface area contributed by atoms with E-state index in [0.29, 0.717) is 11.4 Å². The molecule has 0 aliphatic rings. The van der Waals surface area contributed by atoms with Crippen molar-refractivity contribution < 1.29 is 17.7 Å². The molecular weight excluding hydrogens is 362 g/mol. The van der Waals surface area contributed by atoms with Crippen molar-refractivity contribution in [2.24, 2.45) is 0 Å². The molecule has 0 aliphatic heterocycles. The van der Waals surface area contributed by atoms with Crippen LogP contribution in [0, 0.1) is 13.8 Å². The lowest BCUT2D eigenvalue weighted by Gasteiger charge is -2.12. The van der Waals surface area contributed by atoms with Crippen LogP contribution >= 0.6 is 11.8 Å². The lowest BCUT2D eigenvalue weighted by molar-refractivity contribution is -0.113. The van der Waals surface area contributed by atoms with Gasteiger partial charge < -0.3 is 9.84 Å². The van der Waals surface area contributed by atoms with Gasteiger partial charge in [-0.3, -0.25) is 4.79 Å². The zero-order chi connectivity index (χ0) is 18.6. The van der Waals surface area contributed by atoms with Crippen molar-refractivity contribution in [3.05, 3.63) is 41.3 Å². The van der Waals surface area contributed by atoms with E-state index in [2.05, 4.69) is 10.5 Å². The molecule has 7 nitrogen and oxygen atoms in total. The number of hydrogen-bond donors (Lipinski definition) is 1. The van der Waals surface area contributed by atoms with Crippen molar-refractivity contribution in [3.8, 4) is 0 Å². The summed E-state index contributed by atoms with van der Waals surface area (Å²) in [5.74, 6) is 1.43. The number of sulfonamides is 1. The normalized spacial score (nSPS) is 11.7.